The highest BCUT2D eigenvalue weighted by Gasteiger charge is 2.18. The molecule has 4 aromatic rings. The summed E-state index contributed by atoms with van der Waals surface area (Å²) >= 11 is 20.6. The van der Waals surface area contributed by atoms with E-state index in [0.29, 0.717) is 49.9 Å². The Labute approximate surface area is 246 Å². The number of aryl methyl sites for hydroxylation is 1. The molecule has 0 unspecified atom stereocenters. The summed E-state index contributed by atoms with van der Waals surface area (Å²) in [5.74, 6) is 1.33. The second-order valence-electron chi connectivity index (χ2n) is 7.56. The van der Waals surface area contributed by atoms with Crippen molar-refractivity contribution in [2.24, 2.45) is 5.10 Å². The topological polar surface area (TPSA) is 65.7 Å². The molecule has 4 rings (SSSR count). The Hall–Kier alpha value is -1.72. The van der Waals surface area contributed by atoms with Crippen molar-refractivity contribution in [3.63, 3.8) is 0 Å². The molecule has 0 amide bonds. The van der Waals surface area contributed by atoms with E-state index < -0.39 is 0 Å². The number of benzene rings is 3. The van der Waals surface area contributed by atoms with Gasteiger partial charge in [-0.1, -0.05) is 65.5 Å². The molecular formula is C25H18Br4ClN3O3. The zero-order valence-corrected chi connectivity index (χ0v) is 26.1. The Balaban J connectivity index is 1.71. The molecule has 0 atom stereocenters. The van der Waals surface area contributed by atoms with Crippen LogP contribution in [-0.2, 0) is 6.61 Å². The third kappa shape index (κ3) is 5.88. The van der Waals surface area contributed by atoms with Crippen LogP contribution in [0, 0.1) is 6.92 Å². The zero-order chi connectivity index (χ0) is 26.0. The highest BCUT2D eigenvalue weighted by atomic mass is 79.9. The molecule has 0 aliphatic carbocycles. The van der Waals surface area contributed by atoms with Gasteiger partial charge in [0.15, 0.2) is 11.5 Å². The number of hydrogen-bond acceptors (Lipinski definition) is 5. The number of rotatable bonds is 7. The van der Waals surface area contributed by atoms with Crippen molar-refractivity contribution >= 4 is 92.4 Å². The highest BCUT2D eigenvalue weighted by Crippen LogP contribution is 2.43. The monoisotopic (exact) mass is 759 g/mol. The molecule has 6 nitrogen and oxygen atoms in total. The maximum Gasteiger partial charge on any atom is 0.282 e. The van der Waals surface area contributed by atoms with Gasteiger partial charge in [0, 0.05) is 29.0 Å². The lowest BCUT2D eigenvalue weighted by Crippen LogP contribution is -2.20. The molecule has 3 aromatic carbocycles. The second-order valence-corrected chi connectivity index (χ2v) is 11.4. The molecule has 1 heterocycles. The van der Waals surface area contributed by atoms with Crippen LogP contribution in [0.3, 0.4) is 0 Å². The van der Waals surface area contributed by atoms with Crippen molar-refractivity contribution in [3.05, 3.63) is 92.7 Å². The molecule has 0 bridgehead atoms. The highest BCUT2D eigenvalue weighted by molar-refractivity contribution is 9.11. The molecule has 11 heteroatoms. The minimum Gasteiger partial charge on any atom is -0.490 e. The first-order chi connectivity index (χ1) is 17.2. The van der Waals surface area contributed by atoms with E-state index in [2.05, 4.69) is 73.8 Å². The van der Waals surface area contributed by atoms with Crippen LogP contribution in [0.15, 0.2) is 70.3 Å². The Morgan fingerprint density at radius 3 is 2.50 bits per heavy atom. The molecular weight excluding hydrogens is 745 g/mol. The number of ether oxygens (including phenoxy) is 2. The first-order valence-corrected chi connectivity index (χ1v) is 14.2. The van der Waals surface area contributed by atoms with Gasteiger partial charge in [-0.3, -0.25) is 4.79 Å². The Morgan fingerprint density at radius 2 is 1.78 bits per heavy atom. The Kier molecular flexibility index (Phi) is 8.93. The smallest absolute Gasteiger partial charge is 0.282 e. The number of hydrogen-bond donors (Lipinski definition) is 0. The Morgan fingerprint density at radius 1 is 1.06 bits per heavy atom. The van der Waals surface area contributed by atoms with Gasteiger partial charge in [-0.15, -0.1) is 0 Å². The van der Waals surface area contributed by atoms with Gasteiger partial charge in [0.05, 0.1) is 23.7 Å². The van der Waals surface area contributed by atoms with Gasteiger partial charge in [0.25, 0.3) is 5.56 Å². The number of halogens is 5. The fraction of sp³-hybridized carbons (Fsp3) is 0.160. The van der Waals surface area contributed by atoms with E-state index >= 15 is 0 Å². The molecule has 0 aliphatic rings. The fourth-order valence-electron chi connectivity index (χ4n) is 3.40. The molecule has 0 aliphatic heterocycles. The lowest BCUT2D eigenvalue weighted by Gasteiger charge is -2.16. The number of nitrogens with zero attached hydrogens (tertiary/aromatic N) is 3. The summed E-state index contributed by atoms with van der Waals surface area (Å²) in [6.07, 6.45) is 1.54. The molecule has 0 fully saturated rings. The van der Waals surface area contributed by atoms with E-state index in [0.717, 1.165) is 19.0 Å². The Bertz CT molecular complexity index is 1560. The summed E-state index contributed by atoms with van der Waals surface area (Å²) in [7, 11) is 0. The molecule has 1 aromatic heterocycles. The lowest BCUT2D eigenvalue weighted by atomic mass is 10.2. The summed E-state index contributed by atoms with van der Waals surface area (Å²) in [4.78, 5) is 17.6. The quantitative estimate of drug-likeness (QED) is 0.178. The standard InChI is InChI=1S/C25H18Br4ClN3O3/c1-3-35-21-8-15(11-31-33-13(2)32-20-7-6-16(26)9-18(20)25(33)34)22(29)23(30)24(21)36-12-14-4-5-17(27)10-19(14)28/h4-11H,3,12H2,1-2H3. The van der Waals surface area contributed by atoms with E-state index in [9.17, 15) is 4.79 Å². The zero-order valence-electron chi connectivity index (χ0n) is 19.0. The second kappa shape index (κ2) is 11.8. The average Bonchev–Trinajstić information content (AvgIpc) is 2.83. The van der Waals surface area contributed by atoms with E-state index in [4.69, 9.17) is 21.1 Å². The molecule has 0 saturated heterocycles. The molecule has 186 valence electrons. The fourth-order valence-corrected chi connectivity index (χ4v) is 5.58. The van der Waals surface area contributed by atoms with Crippen LogP contribution in [0.25, 0.3) is 10.9 Å². The van der Waals surface area contributed by atoms with Crippen LogP contribution in [0.4, 0.5) is 0 Å². The largest absolute Gasteiger partial charge is 0.490 e. The molecule has 0 radical (unpaired) electrons. The van der Waals surface area contributed by atoms with Crippen molar-refractivity contribution in [1.29, 1.82) is 0 Å². The SMILES string of the molecule is CCOc1cc(C=Nn2c(C)nc3ccc(Br)cc3c2=O)c(Br)c(Cl)c1OCc1ccc(Br)cc1Br. The summed E-state index contributed by atoms with van der Waals surface area (Å²) in [5, 5.41) is 5.20. The molecule has 36 heavy (non-hydrogen) atoms. The summed E-state index contributed by atoms with van der Waals surface area (Å²) in [6, 6.07) is 13.0. The predicted molar refractivity (Wildman–Crippen MR) is 158 cm³/mol. The normalized spacial score (nSPS) is 11.4. The number of aromatic nitrogens is 2. The van der Waals surface area contributed by atoms with Crippen LogP contribution < -0.4 is 15.0 Å². The molecule has 0 spiro atoms. The first kappa shape index (κ1) is 27.3. The molecule has 0 N–H and O–H groups in total. The van der Waals surface area contributed by atoms with E-state index in [1.54, 1.807) is 25.1 Å². The average molecular weight is 764 g/mol. The van der Waals surface area contributed by atoms with Gasteiger partial charge < -0.3 is 9.47 Å². The van der Waals surface area contributed by atoms with Crippen LogP contribution >= 0.6 is 75.3 Å². The van der Waals surface area contributed by atoms with E-state index in [1.807, 2.05) is 31.2 Å². The summed E-state index contributed by atoms with van der Waals surface area (Å²) in [6.45, 7) is 4.29. The third-order valence-corrected chi connectivity index (χ3v) is 8.29. The van der Waals surface area contributed by atoms with Crippen LogP contribution in [0.5, 0.6) is 11.5 Å². The van der Waals surface area contributed by atoms with Crippen molar-refractivity contribution in [1.82, 2.24) is 9.66 Å². The van der Waals surface area contributed by atoms with Gasteiger partial charge in [-0.2, -0.15) is 9.78 Å². The maximum atomic E-state index is 13.1. The predicted octanol–water partition coefficient (Wildman–Crippen LogP) is 8.27. The summed E-state index contributed by atoms with van der Waals surface area (Å²) in [5.41, 5.74) is 1.89. The maximum absolute atomic E-state index is 13.1. The minimum atomic E-state index is -0.276. The van der Waals surface area contributed by atoms with E-state index in [1.165, 1.54) is 10.9 Å². The van der Waals surface area contributed by atoms with Crippen molar-refractivity contribution in [3.8, 4) is 11.5 Å². The molecule has 0 saturated carbocycles. The van der Waals surface area contributed by atoms with Crippen molar-refractivity contribution < 1.29 is 9.47 Å². The van der Waals surface area contributed by atoms with Gasteiger partial charge in [-0.25, -0.2) is 4.98 Å². The van der Waals surface area contributed by atoms with Gasteiger partial charge >= 0.3 is 0 Å². The van der Waals surface area contributed by atoms with Gasteiger partial charge in [-0.05, 0) is 66.2 Å². The van der Waals surface area contributed by atoms with Crippen LogP contribution in [0.1, 0.15) is 23.9 Å². The summed E-state index contributed by atoms with van der Waals surface area (Å²) < 4.78 is 16.4. The van der Waals surface area contributed by atoms with Crippen molar-refractivity contribution in [2.75, 3.05) is 6.61 Å². The van der Waals surface area contributed by atoms with Crippen molar-refractivity contribution in [2.45, 2.75) is 20.5 Å². The van der Waals surface area contributed by atoms with Crippen LogP contribution in [-0.4, -0.2) is 22.5 Å². The third-order valence-electron chi connectivity index (χ3n) is 5.13. The van der Waals surface area contributed by atoms with Crippen LogP contribution in [0.2, 0.25) is 5.02 Å². The van der Waals surface area contributed by atoms with Gasteiger partial charge in [0.2, 0.25) is 0 Å². The van der Waals surface area contributed by atoms with E-state index in [-0.39, 0.29) is 12.2 Å². The van der Waals surface area contributed by atoms with Gasteiger partial charge in [0.1, 0.15) is 17.5 Å². The minimum absolute atomic E-state index is 0.276. The first-order valence-electron chi connectivity index (χ1n) is 10.6. The number of fused-ring (bicyclic) bond motifs is 1. The lowest BCUT2D eigenvalue weighted by molar-refractivity contribution is 0.269.